The van der Waals surface area contributed by atoms with Crippen LogP contribution in [0.1, 0.15) is 0 Å². The molecule has 0 aliphatic heterocycles. The fourth-order valence-electron chi connectivity index (χ4n) is 4.62. The lowest BCUT2D eigenvalue weighted by atomic mass is 10.1. The minimum Gasteiger partial charge on any atom is -0.457 e. The second-order valence-electron chi connectivity index (χ2n) is 10.5. The summed E-state index contributed by atoms with van der Waals surface area (Å²) in [6.07, 6.45) is 0. The Morgan fingerprint density at radius 2 is 0.422 bits per heavy atom. The minimum atomic E-state index is 0.869. The first-order chi connectivity index (χ1) is 31.8. The van der Waals surface area contributed by atoms with E-state index in [0.717, 1.165) is 68.4 Å². The van der Waals surface area contributed by atoms with Crippen LogP contribution in [0.5, 0.6) is 11.5 Å². The first-order valence-corrected chi connectivity index (χ1v) is 20.3. The molecule has 8 N–H and O–H groups in total. The lowest BCUT2D eigenvalue weighted by molar-refractivity contribution is 0.399. The molecule has 346 valence electrons. The zero-order chi connectivity index (χ0) is 48.9. The summed E-state index contributed by atoms with van der Waals surface area (Å²) in [7, 11) is 8.00. The van der Waals surface area contributed by atoms with E-state index in [-0.39, 0.29) is 0 Å². The molecule has 64 heavy (non-hydrogen) atoms. The summed E-state index contributed by atoms with van der Waals surface area (Å²) in [4.78, 5) is 2.57. The molecule has 0 fully saturated rings. The maximum atomic E-state index is 7.00. The normalized spacial score (nSPS) is 8.06. The minimum absolute atomic E-state index is 0.869. The number of aliphatic hydroxyl groups excluding tert-OH is 8. The molecule has 10 heteroatoms. The van der Waals surface area contributed by atoms with Crippen molar-refractivity contribution in [3.63, 3.8) is 0 Å². The summed E-state index contributed by atoms with van der Waals surface area (Å²) in [6, 6.07) is 77.8. The molecule has 8 aromatic rings. The quantitative estimate of drug-likeness (QED) is 0.0832. The van der Waals surface area contributed by atoms with Crippen molar-refractivity contribution < 1.29 is 45.6 Å². The number of hydrogen-bond donors (Lipinski definition) is 8. The van der Waals surface area contributed by atoms with Gasteiger partial charge in [-0.25, -0.2) is 0 Å². The molecular formula is C54H70O9S. The summed E-state index contributed by atoms with van der Waals surface area (Å²) in [5, 5.41) is 58.6. The molecule has 0 heterocycles. The van der Waals surface area contributed by atoms with Crippen LogP contribution in [0.25, 0.3) is 21.9 Å². The Hall–Kier alpha value is -6.15. The molecule has 0 amide bonds. The molecule has 0 saturated carbocycles. The van der Waals surface area contributed by atoms with Gasteiger partial charge in [0, 0.05) is 66.7 Å². The van der Waals surface area contributed by atoms with Gasteiger partial charge in [-0.3, -0.25) is 0 Å². The molecule has 9 nitrogen and oxygen atoms in total. The molecule has 8 aromatic carbocycles. The second-order valence-corrected chi connectivity index (χ2v) is 11.7. The van der Waals surface area contributed by atoms with E-state index < -0.39 is 0 Å². The summed E-state index contributed by atoms with van der Waals surface area (Å²) in [5.74, 6) is 1.74. The van der Waals surface area contributed by atoms with Crippen molar-refractivity contribution in [3.05, 3.63) is 231 Å². The van der Waals surface area contributed by atoms with Crippen LogP contribution >= 0.6 is 11.8 Å². The van der Waals surface area contributed by atoms with E-state index in [2.05, 4.69) is 146 Å². The monoisotopic (exact) mass is 894 g/mol. The molecular weight excluding hydrogens is 825 g/mol. The largest absolute Gasteiger partial charge is 0.457 e. The number of hydrogen-bond acceptors (Lipinski definition) is 10. The fourth-order valence-corrected chi connectivity index (χ4v) is 5.48. The predicted octanol–water partition coefficient (Wildman–Crippen LogP) is 10.4. The fraction of sp³-hybridized carbons (Fsp3) is 0.148. The first-order valence-electron chi connectivity index (χ1n) is 19.5. The second kappa shape index (κ2) is 53.0. The van der Waals surface area contributed by atoms with Gasteiger partial charge in [-0.05, 0) is 70.4 Å². The van der Waals surface area contributed by atoms with Crippen molar-refractivity contribution in [2.75, 3.05) is 56.9 Å². The maximum absolute atomic E-state index is 7.00. The highest BCUT2D eigenvalue weighted by Gasteiger charge is 1.95. The molecule has 0 radical (unpaired) electrons. The number of fused-ring (bicyclic) bond motifs is 1. The molecule has 0 unspecified atom stereocenters. The Balaban J connectivity index is -0.000000340. The average Bonchev–Trinajstić information content (AvgIpc) is 3.43. The summed E-state index contributed by atoms with van der Waals surface area (Å²) >= 11 is 1.79. The zero-order valence-corrected chi connectivity index (χ0v) is 39.2. The van der Waals surface area contributed by atoms with Gasteiger partial charge >= 0.3 is 0 Å². The highest BCUT2D eigenvalue weighted by atomic mass is 32.2. The van der Waals surface area contributed by atoms with E-state index >= 15 is 0 Å². The zero-order valence-electron chi connectivity index (χ0n) is 38.3. The van der Waals surface area contributed by atoms with Crippen LogP contribution < -0.4 is 4.74 Å². The van der Waals surface area contributed by atoms with Crippen LogP contribution in [0, 0.1) is 0 Å². The number of aliphatic hydroxyl groups is 8. The highest BCUT2D eigenvalue weighted by molar-refractivity contribution is 7.99. The van der Waals surface area contributed by atoms with Gasteiger partial charge in [0.15, 0.2) is 0 Å². The Kier molecular flexibility index (Phi) is 53.4. The highest BCUT2D eigenvalue weighted by Crippen LogP contribution is 2.26. The van der Waals surface area contributed by atoms with Crippen molar-refractivity contribution >= 4 is 22.5 Å². The van der Waals surface area contributed by atoms with E-state index in [9.17, 15) is 0 Å². The lowest BCUT2D eigenvalue weighted by Gasteiger charge is -2.03. The van der Waals surface area contributed by atoms with Crippen LogP contribution in [0.4, 0.5) is 0 Å². The van der Waals surface area contributed by atoms with E-state index in [1.807, 2.05) is 84.9 Å². The Labute approximate surface area is 386 Å². The molecule has 0 aromatic heterocycles. The van der Waals surface area contributed by atoms with Crippen molar-refractivity contribution in [2.45, 2.75) is 9.79 Å². The maximum Gasteiger partial charge on any atom is 0.127 e. The summed E-state index contributed by atoms with van der Waals surface area (Å²) < 4.78 is 5.58. The molecule has 0 aliphatic carbocycles. The molecule has 0 aliphatic rings. The van der Waals surface area contributed by atoms with Gasteiger partial charge in [-0.1, -0.05) is 194 Å². The third-order valence-electron chi connectivity index (χ3n) is 6.98. The first kappa shape index (κ1) is 64.5. The van der Waals surface area contributed by atoms with Crippen LogP contribution in [-0.4, -0.2) is 97.7 Å². The van der Waals surface area contributed by atoms with E-state index in [4.69, 9.17) is 45.6 Å². The number of para-hydroxylation sites is 2. The van der Waals surface area contributed by atoms with Gasteiger partial charge in [0.2, 0.25) is 0 Å². The molecule has 0 bridgehead atoms. The average molecular weight is 895 g/mol. The van der Waals surface area contributed by atoms with Crippen molar-refractivity contribution in [2.24, 2.45) is 0 Å². The van der Waals surface area contributed by atoms with Crippen molar-refractivity contribution in [1.29, 1.82) is 0 Å². The van der Waals surface area contributed by atoms with E-state index in [1.54, 1.807) is 11.8 Å². The SMILES string of the molecule is CO.CO.CO.CO.CO.CO.CO.CO.c1ccc(-c2ccccc2)cc1.c1ccc(Oc2ccccc2)cc1.c1ccc(Sc2ccccc2)cc1.c1ccc2ccccc2c1. The van der Waals surface area contributed by atoms with E-state index in [0.29, 0.717) is 0 Å². The predicted molar refractivity (Wildman–Crippen MR) is 271 cm³/mol. The Bertz CT molecular complexity index is 1760. The van der Waals surface area contributed by atoms with Crippen LogP contribution in [0.3, 0.4) is 0 Å². The Morgan fingerprint density at radius 1 is 0.234 bits per heavy atom. The smallest absolute Gasteiger partial charge is 0.127 e. The topological polar surface area (TPSA) is 171 Å². The van der Waals surface area contributed by atoms with Gasteiger partial charge in [0.25, 0.3) is 0 Å². The van der Waals surface area contributed by atoms with Crippen LogP contribution in [0.2, 0.25) is 0 Å². The van der Waals surface area contributed by atoms with Gasteiger partial charge in [0.1, 0.15) is 11.5 Å². The molecule has 8 rings (SSSR count). The standard InChI is InChI=1S/C12H10O.C12H10S.C12H10.C10H8.8CH4O/c2*1-3-7-11(8-4-1)13-12-9-5-2-6-10-12;1-3-7-11(8-4-1)12-9-5-2-6-10-12;1-2-6-10-8-4-3-7-9(10)5-1;8*1-2/h2*1-10H;1-10H;1-8H;8*2H,1H3. The third-order valence-corrected chi connectivity index (χ3v) is 8.00. The van der Waals surface area contributed by atoms with Gasteiger partial charge in [0.05, 0.1) is 0 Å². The lowest BCUT2D eigenvalue weighted by Crippen LogP contribution is -1.81. The number of benzene rings is 8. The number of ether oxygens (including phenoxy) is 1. The van der Waals surface area contributed by atoms with Gasteiger partial charge in [-0.2, -0.15) is 0 Å². The van der Waals surface area contributed by atoms with Gasteiger partial charge < -0.3 is 45.6 Å². The molecule has 0 spiro atoms. The van der Waals surface area contributed by atoms with E-state index in [1.165, 1.54) is 31.7 Å². The molecule has 0 atom stereocenters. The van der Waals surface area contributed by atoms with Crippen LogP contribution in [-0.2, 0) is 0 Å². The van der Waals surface area contributed by atoms with Crippen LogP contribution in [0.15, 0.2) is 240 Å². The third kappa shape index (κ3) is 32.5. The summed E-state index contributed by atoms with van der Waals surface area (Å²) in [5.41, 5.74) is 2.55. The Morgan fingerprint density at radius 3 is 0.656 bits per heavy atom. The van der Waals surface area contributed by atoms with Crippen molar-refractivity contribution in [1.82, 2.24) is 0 Å². The summed E-state index contributed by atoms with van der Waals surface area (Å²) in [6.45, 7) is 0. The molecule has 0 saturated heterocycles. The van der Waals surface area contributed by atoms with Gasteiger partial charge in [-0.15, -0.1) is 0 Å². The van der Waals surface area contributed by atoms with Crippen molar-refractivity contribution in [3.8, 4) is 22.6 Å². The number of rotatable bonds is 5.